The third-order valence-electron chi connectivity index (χ3n) is 3.13. The van der Waals surface area contributed by atoms with Crippen molar-refractivity contribution in [1.82, 2.24) is 4.90 Å². The number of rotatable bonds is 3. The van der Waals surface area contributed by atoms with Gasteiger partial charge in [-0.1, -0.05) is 0 Å². The summed E-state index contributed by atoms with van der Waals surface area (Å²) in [6, 6.07) is 3.84. The van der Waals surface area contributed by atoms with Crippen molar-refractivity contribution >= 4 is 37.8 Å². The molecule has 1 aliphatic heterocycles. The molecule has 1 aromatic carbocycles. The van der Waals surface area contributed by atoms with Crippen LogP contribution >= 0.6 is 15.9 Å². The number of carbonyl (C=O) groups excluding carboxylic acids is 1. The second-order valence-electron chi connectivity index (χ2n) is 4.64. The summed E-state index contributed by atoms with van der Waals surface area (Å²) in [6.45, 7) is 0.198. The lowest BCUT2D eigenvalue weighted by atomic mass is 10.1. The molecule has 1 fully saturated rings. The Bertz CT molecular complexity index is 720. The molecule has 1 amide bonds. The van der Waals surface area contributed by atoms with E-state index in [0.717, 1.165) is 6.07 Å². The fourth-order valence-electron chi connectivity index (χ4n) is 2.00. The van der Waals surface area contributed by atoms with Gasteiger partial charge in [-0.25, -0.2) is 18.4 Å². The van der Waals surface area contributed by atoms with E-state index in [9.17, 15) is 18.0 Å². The zero-order valence-electron chi connectivity index (χ0n) is 11.2. The molecule has 0 unspecified atom stereocenters. The zero-order valence-corrected chi connectivity index (χ0v) is 13.6. The summed E-state index contributed by atoms with van der Waals surface area (Å²) < 4.78 is 28.2. The maximum Gasteiger partial charge on any atom is 0.334 e. The molecule has 22 heavy (non-hydrogen) atoms. The van der Waals surface area contributed by atoms with Crippen LogP contribution in [0, 0.1) is 0 Å². The number of carbonyl (C=O) groups is 2. The van der Waals surface area contributed by atoms with E-state index in [1.54, 1.807) is 0 Å². The fraction of sp³-hybridized carbons (Fsp3) is 0.333. The van der Waals surface area contributed by atoms with Gasteiger partial charge in [0, 0.05) is 11.0 Å². The number of amides is 1. The van der Waals surface area contributed by atoms with Crippen LogP contribution in [0.3, 0.4) is 0 Å². The lowest BCUT2D eigenvalue weighted by Gasteiger charge is -2.31. The Morgan fingerprint density at radius 1 is 1.41 bits per heavy atom. The Hall–Kier alpha value is -1.49. The number of nitrogens with two attached hydrogens (primary N) is 1. The molecule has 8 nitrogen and oxygen atoms in total. The third kappa shape index (κ3) is 3.64. The Morgan fingerprint density at radius 2 is 2.09 bits per heavy atom. The van der Waals surface area contributed by atoms with Crippen molar-refractivity contribution in [3.8, 4) is 0 Å². The molecule has 0 aliphatic carbocycles. The van der Waals surface area contributed by atoms with Crippen molar-refractivity contribution in [3.05, 3.63) is 28.2 Å². The van der Waals surface area contributed by atoms with E-state index in [0.29, 0.717) is 4.47 Å². The number of hydrogen-bond donors (Lipinski definition) is 2. The van der Waals surface area contributed by atoms with Gasteiger partial charge in [-0.15, -0.1) is 0 Å². The second-order valence-corrected chi connectivity index (χ2v) is 7.05. The summed E-state index contributed by atoms with van der Waals surface area (Å²) >= 11 is 3.18. The smallest absolute Gasteiger partial charge is 0.334 e. The van der Waals surface area contributed by atoms with Gasteiger partial charge >= 0.3 is 5.97 Å². The summed E-state index contributed by atoms with van der Waals surface area (Å²) in [6.07, 6.45) is -1.10. The van der Waals surface area contributed by atoms with E-state index in [4.69, 9.17) is 15.0 Å². The Kier molecular flexibility index (Phi) is 4.85. The summed E-state index contributed by atoms with van der Waals surface area (Å²) in [7, 11) is -3.94. The summed E-state index contributed by atoms with van der Waals surface area (Å²) in [5.74, 6) is -1.65. The maximum absolute atomic E-state index is 12.5. The molecular weight excluding hydrogens is 380 g/mol. The highest BCUT2D eigenvalue weighted by Gasteiger charge is 2.30. The number of sulfonamides is 1. The van der Waals surface area contributed by atoms with Crippen LogP contribution in [0.1, 0.15) is 10.4 Å². The van der Waals surface area contributed by atoms with Crippen LogP contribution in [0.5, 0.6) is 0 Å². The predicted molar refractivity (Wildman–Crippen MR) is 78.8 cm³/mol. The molecule has 1 aliphatic rings. The Labute approximate surface area is 135 Å². The number of hydrogen-bond acceptors (Lipinski definition) is 5. The molecule has 0 bridgehead atoms. The number of halogens is 1. The van der Waals surface area contributed by atoms with Crippen LogP contribution < -0.4 is 5.14 Å². The molecular formula is C12H13BrN2O6S. The number of morpholine rings is 1. The molecule has 0 spiro atoms. The van der Waals surface area contributed by atoms with Crippen LogP contribution in [-0.2, 0) is 19.6 Å². The minimum Gasteiger partial charge on any atom is -0.479 e. The van der Waals surface area contributed by atoms with E-state index in [-0.39, 0.29) is 30.2 Å². The van der Waals surface area contributed by atoms with Crippen LogP contribution in [-0.4, -0.2) is 56.1 Å². The number of carboxylic acids is 1. The fourth-order valence-corrected chi connectivity index (χ4v) is 2.95. The van der Waals surface area contributed by atoms with Crippen molar-refractivity contribution in [3.63, 3.8) is 0 Å². The van der Waals surface area contributed by atoms with Crippen molar-refractivity contribution in [1.29, 1.82) is 0 Å². The standard InChI is InChI=1S/C12H13BrN2O6S/c13-9-2-1-7(22(14,19)20)5-8(9)11(16)15-3-4-21-10(6-15)12(17)18/h1-2,5,10H,3-4,6H2,(H,17,18)(H2,14,19,20)/t10-/m1/s1. The van der Waals surface area contributed by atoms with E-state index in [1.165, 1.54) is 17.0 Å². The van der Waals surface area contributed by atoms with E-state index >= 15 is 0 Å². The van der Waals surface area contributed by atoms with Gasteiger partial charge < -0.3 is 14.7 Å². The zero-order chi connectivity index (χ0) is 16.5. The molecule has 2 rings (SSSR count). The van der Waals surface area contributed by atoms with Gasteiger partial charge in [-0.05, 0) is 34.1 Å². The van der Waals surface area contributed by atoms with Crippen LogP contribution in [0.25, 0.3) is 0 Å². The molecule has 0 aromatic heterocycles. The number of ether oxygens (including phenoxy) is 1. The lowest BCUT2D eigenvalue weighted by molar-refractivity contribution is -0.154. The monoisotopic (exact) mass is 392 g/mol. The van der Waals surface area contributed by atoms with E-state index in [1.807, 2.05) is 0 Å². The van der Waals surface area contributed by atoms with E-state index < -0.39 is 28.0 Å². The van der Waals surface area contributed by atoms with Gasteiger partial charge in [-0.3, -0.25) is 4.79 Å². The van der Waals surface area contributed by atoms with Crippen molar-refractivity contribution in [2.75, 3.05) is 19.7 Å². The van der Waals surface area contributed by atoms with Crippen molar-refractivity contribution in [2.24, 2.45) is 5.14 Å². The van der Waals surface area contributed by atoms with E-state index in [2.05, 4.69) is 15.9 Å². The number of carboxylic acid groups (broad SMARTS) is 1. The molecule has 0 saturated carbocycles. The van der Waals surface area contributed by atoms with Gasteiger partial charge in [0.05, 0.1) is 23.6 Å². The Morgan fingerprint density at radius 3 is 2.68 bits per heavy atom. The minimum atomic E-state index is -3.94. The van der Waals surface area contributed by atoms with Crippen LogP contribution in [0.2, 0.25) is 0 Å². The highest BCUT2D eigenvalue weighted by molar-refractivity contribution is 9.10. The molecule has 1 atom stereocenters. The first-order valence-electron chi connectivity index (χ1n) is 6.16. The quantitative estimate of drug-likeness (QED) is 0.746. The predicted octanol–water partition coefficient (Wildman–Crippen LogP) is 0.0221. The Balaban J connectivity index is 2.31. The molecule has 1 heterocycles. The summed E-state index contributed by atoms with van der Waals surface area (Å²) in [5.41, 5.74) is 0.0950. The highest BCUT2D eigenvalue weighted by Crippen LogP contribution is 2.23. The SMILES string of the molecule is NS(=O)(=O)c1ccc(Br)c(C(=O)N2CCO[C@@H](C(=O)O)C2)c1. The highest BCUT2D eigenvalue weighted by atomic mass is 79.9. The molecule has 1 saturated heterocycles. The van der Waals surface area contributed by atoms with Gasteiger partial charge in [0.25, 0.3) is 5.91 Å². The first-order valence-corrected chi connectivity index (χ1v) is 8.50. The number of primary sulfonamides is 1. The number of nitrogens with zero attached hydrogens (tertiary/aromatic N) is 1. The van der Waals surface area contributed by atoms with Gasteiger partial charge in [-0.2, -0.15) is 0 Å². The normalized spacial score (nSPS) is 19.0. The topological polar surface area (TPSA) is 127 Å². The van der Waals surface area contributed by atoms with Gasteiger partial charge in [0.2, 0.25) is 10.0 Å². The number of aliphatic carboxylic acids is 1. The molecule has 1 aromatic rings. The molecule has 0 radical (unpaired) electrons. The molecule has 3 N–H and O–H groups in total. The minimum absolute atomic E-state index is 0.0925. The maximum atomic E-state index is 12.5. The van der Waals surface area contributed by atoms with Gasteiger partial charge in [0.1, 0.15) is 0 Å². The van der Waals surface area contributed by atoms with Crippen LogP contribution in [0.15, 0.2) is 27.6 Å². The molecule has 10 heteroatoms. The van der Waals surface area contributed by atoms with Crippen molar-refractivity contribution in [2.45, 2.75) is 11.0 Å². The lowest BCUT2D eigenvalue weighted by Crippen LogP contribution is -2.48. The summed E-state index contributed by atoms with van der Waals surface area (Å²) in [4.78, 5) is 24.5. The second kappa shape index (κ2) is 6.32. The summed E-state index contributed by atoms with van der Waals surface area (Å²) in [5, 5.41) is 14.0. The van der Waals surface area contributed by atoms with Gasteiger partial charge in [0.15, 0.2) is 6.10 Å². The largest absolute Gasteiger partial charge is 0.479 e. The number of benzene rings is 1. The average Bonchev–Trinajstić information content (AvgIpc) is 2.46. The third-order valence-corrected chi connectivity index (χ3v) is 4.73. The molecule has 120 valence electrons. The first-order chi connectivity index (χ1) is 10.2. The first kappa shape index (κ1) is 16.9. The van der Waals surface area contributed by atoms with Crippen molar-refractivity contribution < 1.29 is 27.9 Å². The average molecular weight is 393 g/mol. The van der Waals surface area contributed by atoms with Crippen LogP contribution in [0.4, 0.5) is 0 Å².